The molecule has 0 spiro atoms. The minimum absolute atomic E-state index is 0.459. The molecule has 0 aliphatic carbocycles. The highest BCUT2D eigenvalue weighted by Crippen LogP contribution is 2.27. The molecule has 0 N–H and O–H groups in total. The van der Waals surface area contributed by atoms with Crippen molar-refractivity contribution in [3.63, 3.8) is 0 Å². The highest BCUT2D eigenvalue weighted by molar-refractivity contribution is 5.17. The van der Waals surface area contributed by atoms with Gasteiger partial charge in [0.1, 0.15) is 0 Å². The summed E-state index contributed by atoms with van der Waals surface area (Å²) in [7, 11) is 0. The first-order chi connectivity index (χ1) is 10.1. The van der Waals surface area contributed by atoms with Crippen LogP contribution in [0.25, 0.3) is 0 Å². The Hall–Kier alpha value is -1.60. The van der Waals surface area contributed by atoms with Crippen LogP contribution in [0, 0.1) is 0 Å². The molecular weight excluding hydrogens is 254 g/mol. The van der Waals surface area contributed by atoms with Gasteiger partial charge < -0.3 is 0 Å². The van der Waals surface area contributed by atoms with Gasteiger partial charge in [0.25, 0.3) is 0 Å². The van der Waals surface area contributed by atoms with Crippen molar-refractivity contribution < 1.29 is 0 Å². The third-order valence-corrected chi connectivity index (χ3v) is 4.01. The number of hydrogen-bond acceptors (Lipinski definition) is 1. The number of rotatable bonds is 6. The fourth-order valence-corrected chi connectivity index (χ4v) is 3.10. The van der Waals surface area contributed by atoms with Crippen molar-refractivity contribution in [2.45, 2.75) is 51.7 Å². The van der Waals surface area contributed by atoms with Crippen molar-refractivity contribution in [3.05, 3.63) is 72.4 Å². The molecule has 1 heterocycles. The molecule has 1 aliphatic heterocycles. The summed E-state index contributed by atoms with van der Waals surface area (Å²) in [5, 5.41) is 0. The first kappa shape index (κ1) is 15.8. The molecule has 2 atom stereocenters. The Bertz CT molecular complexity index is 512. The van der Waals surface area contributed by atoms with Crippen LogP contribution in [-0.2, 0) is 6.54 Å². The van der Waals surface area contributed by atoms with Crippen LogP contribution >= 0.6 is 0 Å². The Kier molecular flexibility index (Phi) is 5.58. The van der Waals surface area contributed by atoms with E-state index in [0.29, 0.717) is 12.1 Å². The highest BCUT2D eigenvalue weighted by atomic mass is 15.2. The maximum absolute atomic E-state index is 4.11. The lowest BCUT2D eigenvalue weighted by Gasteiger charge is -2.40. The van der Waals surface area contributed by atoms with Crippen molar-refractivity contribution >= 4 is 0 Å². The van der Waals surface area contributed by atoms with E-state index in [-0.39, 0.29) is 0 Å². The average molecular weight is 281 g/mol. The van der Waals surface area contributed by atoms with Crippen LogP contribution < -0.4 is 0 Å². The van der Waals surface area contributed by atoms with Crippen LogP contribution in [0.2, 0.25) is 0 Å². The summed E-state index contributed by atoms with van der Waals surface area (Å²) in [6, 6.07) is 11.8. The van der Waals surface area contributed by atoms with Crippen molar-refractivity contribution in [3.8, 4) is 0 Å². The van der Waals surface area contributed by atoms with E-state index in [1.807, 2.05) is 0 Å². The van der Waals surface area contributed by atoms with Gasteiger partial charge in [0.15, 0.2) is 0 Å². The van der Waals surface area contributed by atoms with Gasteiger partial charge in [-0.1, -0.05) is 53.6 Å². The van der Waals surface area contributed by atoms with Crippen molar-refractivity contribution in [2.24, 2.45) is 0 Å². The SMILES string of the molecule is C=C(C)CC1C=CCC(CC(=C)C)N1Cc1ccccc1. The summed E-state index contributed by atoms with van der Waals surface area (Å²) in [5.41, 5.74) is 3.90. The third-order valence-electron chi connectivity index (χ3n) is 4.01. The smallest absolute Gasteiger partial charge is 0.0321 e. The molecule has 0 saturated heterocycles. The lowest BCUT2D eigenvalue weighted by Crippen LogP contribution is -2.44. The predicted octanol–water partition coefficient (Wildman–Crippen LogP) is 5.12. The van der Waals surface area contributed by atoms with Crippen molar-refractivity contribution in [2.75, 3.05) is 0 Å². The van der Waals surface area contributed by atoms with Crippen molar-refractivity contribution in [1.29, 1.82) is 0 Å². The maximum atomic E-state index is 4.11. The first-order valence-corrected chi connectivity index (χ1v) is 7.81. The van der Waals surface area contributed by atoms with E-state index < -0.39 is 0 Å². The van der Waals surface area contributed by atoms with Gasteiger partial charge in [-0.25, -0.2) is 0 Å². The predicted molar refractivity (Wildman–Crippen MR) is 92.2 cm³/mol. The molecule has 0 fully saturated rings. The zero-order valence-electron chi connectivity index (χ0n) is 13.4. The van der Waals surface area contributed by atoms with Crippen LogP contribution in [-0.4, -0.2) is 17.0 Å². The molecule has 0 amide bonds. The Balaban J connectivity index is 2.19. The molecule has 1 aromatic rings. The fraction of sp³-hybridized carbons (Fsp3) is 0.400. The van der Waals surface area contributed by atoms with Gasteiger partial charge in [0.2, 0.25) is 0 Å². The first-order valence-electron chi connectivity index (χ1n) is 7.81. The van der Waals surface area contributed by atoms with E-state index >= 15 is 0 Å². The molecule has 2 unspecified atom stereocenters. The molecule has 0 saturated carbocycles. The van der Waals surface area contributed by atoms with E-state index in [1.165, 1.54) is 16.7 Å². The number of benzene rings is 1. The Morgan fingerprint density at radius 2 is 1.76 bits per heavy atom. The summed E-state index contributed by atoms with van der Waals surface area (Å²) in [5.74, 6) is 0. The maximum Gasteiger partial charge on any atom is 0.0321 e. The van der Waals surface area contributed by atoms with Crippen LogP contribution in [0.3, 0.4) is 0 Å². The lowest BCUT2D eigenvalue weighted by atomic mass is 9.93. The lowest BCUT2D eigenvalue weighted by molar-refractivity contribution is 0.138. The molecule has 0 aromatic heterocycles. The molecule has 1 nitrogen and oxygen atoms in total. The monoisotopic (exact) mass is 281 g/mol. The summed E-state index contributed by atoms with van der Waals surface area (Å²) >= 11 is 0. The Morgan fingerprint density at radius 1 is 1.10 bits per heavy atom. The quantitative estimate of drug-likeness (QED) is 0.654. The van der Waals surface area contributed by atoms with Gasteiger partial charge in [0.05, 0.1) is 0 Å². The molecule has 21 heavy (non-hydrogen) atoms. The van der Waals surface area contributed by atoms with E-state index in [2.05, 4.69) is 74.4 Å². The minimum Gasteiger partial charge on any atom is -0.289 e. The van der Waals surface area contributed by atoms with Gasteiger partial charge in [-0.15, -0.1) is 13.2 Å². The zero-order valence-corrected chi connectivity index (χ0v) is 13.4. The van der Waals surface area contributed by atoms with Crippen LogP contribution in [0.4, 0.5) is 0 Å². The van der Waals surface area contributed by atoms with E-state index in [4.69, 9.17) is 0 Å². The Labute approximate surface area is 129 Å². The van der Waals surface area contributed by atoms with Crippen LogP contribution in [0.5, 0.6) is 0 Å². The van der Waals surface area contributed by atoms with Gasteiger partial charge in [-0.05, 0) is 38.7 Å². The molecule has 1 aliphatic rings. The molecule has 2 rings (SSSR count). The van der Waals surface area contributed by atoms with Gasteiger partial charge in [-0.3, -0.25) is 4.90 Å². The largest absolute Gasteiger partial charge is 0.289 e. The summed E-state index contributed by atoms with van der Waals surface area (Å²) < 4.78 is 0. The van der Waals surface area contributed by atoms with Gasteiger partial charge in [-0.2, -0.15) is 0 Å². The fourth-order valence-electron chi connectivity index (χ4n) is 3.10. The highest BCUT2D eigenvalue weighted by Gasteiger charge is 2.27. The van der Waals surface area contributed by atoms with Gasteiger partial charge in [0, 0.05) is 18.6 Å². The molecular formula is C20H27N. The van der Waals surface area contributed by atoms with E-state index in [1.54, 1.807) is 0 Å². The second-order valence-corrected chi connectivity index (χ2v) is 6.37. The summed E-state index contributed by atoms with van der Waals surface area (Å²) in [4.78, 5) is 2.62. The summed E-state index contributed by atoms with van der Waals surface area (Å²) in [6.07, 6.45) is 7.92. The second-order valence-electron chi connectivity index (χ2n) is 6.37. The third kappa shape index (κ3) is 4.71. The molecule has 112 valence electrons. The van der Waals surface area contributed by atoms with Crippen LogP contribution in [0.15, 0.2) is 66.8 Å². The molecule has 1 aromatic carbocycles. The van der Waals surface area contributed by atoms with Gasteiger partial charge >= 0.3 is 0 Å². The topological polar surface area (TPSA) is 3.24 Å². The van der Waals surface area contributed by atoms with Crippen LogP contribution in [0.1, 0.15) is 38.7 Å². The molecule has 1 heteroatoms. The number of hydrogen-bond donors (Lipinski definition) is 0. The zero-order chi connectivity index (χ0) is 15.2. The Morgan fingerprint density at radius 3 is 2.38 bits per heavy atom. The average Bonchev–Trinajstić information content (AvgIpc) is 2.42. The number of nitrogens with zero attached hydrogens (tertiary/aromatic N) is 1. The molecule has 0 radical (unpaired) electrons. The van der Waals surface area contributed by atoms with Crippen molar-refractivity contribution in [1.82, 2.24) is 4.90 Å². The standard InChI is InChI=1S/C20H27N/c1-16(2)13-19-11-8-12-20(14-17(3)4)21(19)15-18-9-6-5-7-10-18/h5-11,19-20H,1,3,12-15H2,2,4H3. The minimum atomic E-state index is 0.459. The normalized spacial score (nSPS) is 22.2. The second kappa shape index (κ2) is 7.42. The van der Waals surface area contributed by atoms with E-state index in [9.17, 15) is 0 Å². The molecule has 0 bridgehead atoms. The summed E-state index contributed by atoms with van der Waals surface area (Å²) in [6.45, 7) is 13.5. The van der Waals surface area contributed by atoms with E-state index in [0.717, 1.165) is 25.8 Å².